The van der Waals surface area contributed by atoms with Crippen LogP contribution in [0.5, 0.6) is 0 Å². The van der Waals surface area contributed by atoms with Gasteiger partial charge >= 0.3 is 6.01 Å². The van der Waals surface area contributed by atoms with E-state index in [1.807, 2.05) is 30.3 Å². The lowest BCUT2D eigenvalue weighted by Gasteiger charge is -2.37. The molecule has 39 heavy (non-hydrogen) atoms. The monoisotopic (exact) mass is 628 g/mol. The molecule has 7 rings (SSSR count). The number of hydrogen-bond donors (Lipinski definition) is 0. The SMILES string of the molecule is Cc1cc(-c2nnc(N3[C@@H]4CC[C@H]3C[C@@H](OCc3c(-c5c(Cl)cccc5Cl)noc3C3CC3)C4)o2)ccc1Br. The van der Waals surface area contributed by atoms with E-state index in [0.29, 0.717) is 57.8 Å². The maximum atomic E-state index is 6.57. The zero-order valence-electron chi connectivity index (χ0n) is 21.4. The van der Waals surface area contributed by atoms with Crippen LogP contribution < -0.4 is 4.90 Å². The first-order chi connectivity index (χ1) is 19.0. The van der Waals surface area contributed by atoms with Crippen molar-refractivity contribution in [2.45, 2.75) is 76.2 Å². The van der Waals surface area contributed by atoms with E-state index >= 15 is 0 Å². The third kappa shape index (κ3) is 4.79. The summed E-state index contributed by atoms with van der Waals surface area (Å²) in [6, 6.07) is 12.8. The first kappa shape index (κ1) is 25.6. The Kier molecular flexibility index (Phi) is 6.70. The van der Waals surface area contributed by atoms with Gasteiger partial charge in [0, 0.05) is 39.2 Å². The number of hydrogen-bond acceptors (Lipinski definition) is 7. The van der Waals surface area contributed by atoms with Gasteiger partial charge in [0.15, 0.2) is 0 Å². The van der Waals surface area contributed by atoms with Crippen LogP contribution in [0.3, 0.4) is 0 Å². The number of anilines is 1. The Morgan fingerprint density at radius 3 is 2.46 bits per heavy atom. The van der Waals surface area contributed by atoms with Crippen molar-refractivity contribution in [1.82, 2.24) is 15.4 Å². The summed E-state index contributed by atoms with van der Waals surface area (Å²) in [7, 11) is 0. The highest BCUT2D eigenvalue weighted by Gasteiger charge is 2.44. The first-order valence-electron chi connectivity index (χ1n) is 13.4. The van der Waals surface area contributed by atoms with Gasteiger partial charge in [-0.15, -0.1) is 5.10 Å². The lowest BCUT2D eigenvalue weighted by molar-refractivity contribution is 0.0139. The highest BCUT2D eigenvalue weighted by Crippen LogP contribution is 2.47. The van der Waals surface area contributed by atoms with E-state index in [1.54, 1.807) is 0 Å². The average molecular weight is 630 g/mol. The van der Waals surface area contributed by atoms with Crippen molar-refractivity contribution in [1.29, 1.82) is 0 Å². The molecule has 202 valence electrons. The van der Waals surface area contributed by atoms with E-state index in [1.165, 1.54) is 0 Å². The second-order valence-electron chi connectivity index (χ2n) is 10.8. The molecule has 4 aromatic rings. The number of fused-ring (bicyclic) bond motifs is 2. The Hall–Kier alpha value is -2.39. The summed E-state index contributed by atoms with van der Waals surface area (Å²) >= 11 is 16.6. The van der Waals surface area contributed by atoms with Crippen molar-refractivity contribution in [3.63, 3.8) is 0 Å². The van der Waals surface area contributed by atoms with Crippen LogP contribution in [0.25, 0.3) is 22.7 Å². The van der Waals surface area contributed by atoms with Gasteiger partial charge in [-0.05, 0) is 81.3 Å². The van der Waals surface area contributed by atoms with Gasteiger partial charge in [-0.1, -0.05) is 55.5 Å². The Bertz CT molecular complexity index is 1500. The van der Waals surface area contributed by atoms with Crippen molar-refractivity contribution < 1.29 is 13.7 Å². The molecule has 3 aliphatic rings. The summed E-state index contributed by atoms with van der Waals surface area (Å²) in [5.74, 6) is 1.84. The fourth-order valence-corrected chi connectivity index (χ4v) is 6.86. The van der Waals surface area contributed by atoms with Crippen molar-refractivity contribution >= 4 is 45.1 Å². The lowest BCUT2D eigenvalue weighted by atomic mass is 10.00. The fraction of sp³-hybridized carbons (Fsp3) is 0.414. The molecule has 2 aromatic carbocycles. The molecule has 3 fully saturated rings. The van der Waals surface area contributed by atoms with Crippen molar-refractivity contribution in [3.05, 3.63) is 67.8 Å². The van der Waals surface area contributed by atoms with Crippen LogP contribution in [-0.4, -0.2) is 33.5 Å². The summed E-state index contributed by atoms with van der Waals surface area (Å²) in [4.78, 5) is 2.31. The Morgan fingerprint density at radius 2 is 1.77 bits per heavy atom. The lowest BCUT2D eigenvalue weighted by Crippen LogP contribution is -2.45. The second kappa shape index (κ2) is 10.2. The fourth-order valence-electron chi connectivity index (χ4n) is 6.04. The normalized spacial score (nSPS) is 22.6. The minimum Gasteiger partial charge on any atom is -0.403 e. The third-order valence-electron chi connectivity index (χ3n) is 8.16. The average Bonchev–Trinajstić information content (AvgIpc) is 3.39. The van der Waals surface area contributed by atoms with Crippen LogP contribution in [0.1, 0.15) is 61.3 Å². The molecule has 2 saturated heterocycles. The van der Waals surface area contributed by atoms with Crippen LogP contribution in [-0.2, 0) is 11.3 Å². The van der Waals surface area contributed by atoms with Gasteiger partial charge in [-0.25, -0.2) is 0 Å². The molecule has 10 heteroatoms. The van der Waals surface area contributed by atoms with Gasteiger partial charge in [0.05, 0.1) is 22.8 Å². The predicted molar refractivity (Wildman–Crippen MR) is 153 cm³/mol. The molecule has 2 aromatic heterocycles. The van der Waals surface area contributed by atoms with Crippen LogP contribution >= 0.6 is 39.1 Å². The molecule has 2 aliphatic heterocycles. The Morgan fingerprint density at radius 1 is 1.03 bits per heavy atom. The third-order valence-corrected chi connectivity index (χ3v) is 9.68. The van der Waals surface area contributed by atoms with Crippen molar-refractivity contribution in [3.8, 4) is 22.7 Å². The first-order valence-corrected chi connectivity index (χ1v) is 14.9. The maximum absolute atomic E-state index is 6.57. The molecular weight excluding hydrogens is 603 g/mol. The molecule has 0 spiro atoms. The molecule has 0 amide bonds. The van der Waals surface area contributed by atoms with Crippen LogP contribution in [0.15, 0.2) is 49.8 Å². The van der Waals surface area contributed by atoms with Gasteiger partial charge < -0.3 is 18.6 Å². The summed E-state index contributed by atoms with van der Waals surface area (Å²) in [6.07, 6.45) is 6.29. The summed E-state index contributed by atoms with van der Waals surface area (Å²) in [6.45, 7) is 2.47. The molecule has 2 bridgehead atoms. The number of ether oxygens (including phenoxy) is 1. The molecule has 0 N–H and O–H groups in total. The minimum atomic E-state index is 0.117. The number of aryl methyl sites for hydroxylation is 1. The second-order valence-corrected chi connectivity index (χ2v) is 12.5. The van der Waals surface area contributed by atoms with E-state index in [4.69, 9.17) is 36.9 Å². The van der Waals surface area contributed by atoms with Gasteiger partial charge in [0.2, 0.25) is 5.89 Å². The molecule has 4 heterocycles. The van der Waals surface area contributed by atoms with E-state index in [-0.39, 0.29) is 6.10 Å². The Balaban J connectivity index is 1.08. The number of halogens is 3. The van der Waals surface area contributed by atoms with E-state index in [2.05, 4.69) is 49.2 Å². The van der Waals surface area contributed by atoms with Crippen LogP contribution in [0.4, 0.5) is 6.01 Å². The quantitative estimate of drug-likeness (QED) is 0.203. The highest BCUT2D eigenvalue weighted by atomic mass is 79.9. The van der Waals surface area contributed by atoms with Crippen LogP contribution in [0.2, 0.25) is 10.0 Å². The molecule has 3 atom stereocenters. The Labute approximate surface area is 244 Å². The molecule has 1 saturated carbocycles. The van der Waals surface area contributed by atoms with Gasteiger partial charge in [-0.2, -0.15) is 0 Å². The molecule has 0 radical (unpaired) electrons. The predicted octanol–water partition coefficient (Wildman–Crippen LogP) is 8.36. The highest BCUT2D eigenvalue weighted by molar-refractivity contribution is 9.10. The smallest absolute Gasteiger partial charge is 0.318 e. The van der Waals surface area contributed by atoms with Crippen LogP contribution in [0, 0.1) is 6.92 Å². The summed E-state index contributed by atoms with van der Waals surface area (Å²) in [5, 5.41) is 14.3. The maximum Gasteiger partial charge on any atom is 0.318 e. The summed E-state index contributed by atoms with van der Waals surface area (Å²) in [5.41, 5.74) is 4.42. The zero-order valence-corrected chi connectivity index (χ0v) is 24.5. The molecule has 0 unspecified atom stereocenters. The molecule has 7 nitrogen and oxygen atoms in total. The van der Waals surface area contributed by atoms with Gasteiger partial charge in [-0.3, -0.25) is 0 Å². The largest absolute Gasteiger partial charge is 0.403 e. The van der Waals surface area contributed by atoms with E-state index < -0.39 is 0 Å². The number of aromatic nitrogens is 3. The zero-order chi connectivity index (χ0) is 26.7. The molecule has 1 aliphatic carbocycles. The molecular formula is C29H27BrCl2N4O3. The van der Waals surface area contributed by atoms with Gasteiger partial charge in [0.25, 0.3) is 0 Å². The van der Waals surface area contributed by atoms with Crippen molar-refractivity contribution in [2.24, 2.45) is 0 Å². The van der Waals surface area contributed by atoms with Crippen molar-refractivity contribution in [2.75, 3.05) is 4.90 Å². The summed E-state index contributed by atoms with van der Waals surface area (Å²) < 4.78 is 19.6. The van der Waals surface area contributed by atoms with E-state index in [0.717, 1.165) is 65.4 Å². The number of rotatable bonds is 7. The number of benzene rings is 2. The minimum absolute atomic E-state index is 0.117. The number of nitrogens with zero attached hydrogens (tertiary/aromatic N) is 4. The van der Waals surface area contributed by atoms with Gasteiger partial charge in [0.1, 0.15) is 11.5 Å². The standard InChI is InChI=1S/C29H27BrCl2N4O3/c1-15-11-17(7-10-22(15)30)28-33-34-29(38-28)36-18-8-9-19(36)13-20(12-18)37-14-21-26(35-39-27(21)16-5-6-16)25-23(31)3-2-4-24(25)32/h2-4,7,10-11,16,18-20H,5-6,8-9,12-14H2,1H3/t18-,19+,20+. The number of piperidine rings is 1. The topological polar surface area (TPSA) is 77.4 Å². The van der Waals surface area contributed by atoms with E-state index in [9.17, 15) is 0 Å².